The Kier molecular flexibility index (Phi) is 3.01. The molecule has 0 radical (unpaired) electrons. The Morgan fingerprint density at radius 2 is 1.94 bits per heavy atom. The summed E-state index contributed by atoms with van der Waals surface area (Å²) in [5.41, 5.74) is 7.51. The van der Waals surface area contributed by atoms with E-state index in [2.05, 4.69) is 34.6 Å². The number of amides is 1. The van der Waals surface area contributed by atoms with Crippen LogP contribution in [0.2, 0.25) is 0 Å². The Bertz CT molecular complexity index is 500. The van der Waals surface area contributed by atoms with E-state index in [0.29, 0.717) is 10.8 Å². The molecule has 1 atom stereocenters. The number of hydrogen-bond acceptors (Lipinski definition) is 2. The third kappa shape index (κ3) is 2.05. The summed E-state index contributed by atoms with van der Waals surface area (Å²) in [5.74, 6) is -0.349. The van der Waals surface area contributed by atoms with E-state index in [1.807, 2.05) is 30.0 Å². The van der Waals surface area contributed by atoms with Crippen LogP contribution in [-0.4, -0.2) is 11.2 Å². The molecule has 1 aliphatic heterocycles. The van der Waals surface area contributed by atoms with E-state index in [1.54, 1.807) is 0 Å². The molecule has 1 aromatic rings. The number of thioether (sulfide) groups is 1. The average molecular weight is 263 g/mol. The van der Waals surface area contributed by atoms with Crippen LogP contribution in [0, 0.1) is 5.41 Å². The Balaban J connectivity index is 2.51. The number of carbonyl (C=O) groups excluding carboxylic acids is 1. The number of rotatable bonds is 1. The third-order valence-corrected chi connectivity index (χ3v) is 5.79. The van der Waals surface area contributed by atoms with Gasteiger partial charge < -0.3 is 5.73 Å². The summed E-state index contributed by atoms with van der Waals surface area (Å²) in [5, 5.41) is 0.503. The fourth-order valence-electron chi connectivity index (χ4n) is 2.96. The van der Waals surface area contributed by atoms with Gasteiger partial charge in [-0.25, -0.2) is 0 Å². The molecule has 1 aromatic carbocycles. The van der Waals surface area contributed by atoms with E-state index >= 15 is 0 Å². The van der Waals surface area contributed by atoms with Gasteiger partial charge in [0.15, 0.2) is 0 Å². The van der Waals surface area contributed by atoms with Gasteiger partial charge in [0.25, 0.3) is 0 Å². The van der Waals surface area contributed by atoms with Crippen molar-refractivity contribution < 1.29 is 4.79 Å². The van der Waals surface area contributed by atoms with Crippen LogP contribution in [-0.2, 0) is 5.41 Å². The Hall–Kier alpha value is -0.960. The maximum atomic E-state index is 11.3. The zero-order valence-corrected chi connectivity index (χ0v) is 12.5. The summed E-state index contributed by atoms with van der Waals surface area (Å²) in [6.45, 7) is 11.3. The zero-order chi connectivity index (χ0) is 13.7. The molecule has 3 heteroatoms. The van der Waals surface area contributed by atoms with Gasteiger partial charge in [-0.15, -0.1) is 11.8 Å². The van der Waals surface area contributed by atoms with Crippen molar-refractivity contribution in [1.82, 2.24) is 0 Å². The Morgan fingerprint density at radius 1 is 1.33 bits per heavy atom. The monoisotopic (exact) mass is 263 g/mol. The molecule has 0 saturated carbocycles. The van der Waals surface area contributed by atoms with E-state index < -0.39 is 0 Å². The van der Waals surface area contributed by atoms with Gasteiger partial charge in [-0.3, -0.25) is 4.79 Å². The molecule has 18 heavy (non-hydrogen) atoms. The van der Waals surface area contributed by atoms with Crippen LogP contribution in [0.15, 0.2) is 23.1 Å². The highest BCUT2D eigenvalue weighted by Crippen LogP contribution is 2.55. The lowest BCUT2D eigenvalue weighted by Crippen LogP contribution is -2.37. The highest BCUT2D eigenvalue weighted by atomic mass is 32.2. The first kappa shape index (κ1) is 13.5. The molecule has 2 N–H and O–H groups in total. The van der Waals surface area contributed by atoms with Crippen molar-refractivity contribution in [3.05, 3.63) is 29.3 Å². The van der Waals surface area contributed by atoms with Crippen molar-refractivity contribution in [1.29, 1.82) is 0 Å². The second kappa shape index (κ2) is 4.02. The summed E-state index contributed by atoms with van der Waals surface area (Å²) in [7, 11) is 0. The highest BCUT2D eigenvalue weighted by molar-refractivity contribution is 8.00. The molecule has 0 bridgehead atoms. The van der Waals surface area contributed by atoms with Crippen molar-refractivity contribution in [2.24, 2.45) is 11.1 Å². The van der Waals surface area contributed by atoms with Gasteiger partial charge in [-0.05, 0) is 29.2 Å². The van der Waals surface area contributed by atoms with Crippen molar-refractivity contribution in [2.75, 3.05) is 0 Å². The second-order valence-electron chi connectivity index (χ2n) is 6.66. The van der Waals surface area contributed by atoms with Crippen LogP contribution in [0.5, 0.6) is 0 Å². The SMILES string of the molecule is CC(C)(C)C1Sc2ccc(C(N)=O)cc2C1(C)C. The lowest BCUT2D eigenvalue weighted by atomic mass is 9.72. The summed E-state index contributed by atoms with van der Waals surface area (Å²) < 4.78 is 0. The minimum atomic E-state index is -0.349. The van der Waals surface area contributed by atoms with Crippen LogP contribution in [0.4, 0.5) is 0 Å². The first-order valence-corrected chi connectivity index (χ1v) is 7.13. The molecule has 1 heterocycles. The largest absolute Gasteiger partial charge is 0.366 e. The van der Waals surface area contributed by atoms with Gasteiger partial charge in [0.2, 0.25) is 5.91 Å². The molecule has 0 saturated heterocycles. The van der Waals surface area contributed by atoms with Gasteiger partial charge in [0.05, 0.1) is 0 Å². The zero-order valence-electron chi connectivity index (χ0n) is 11.7. The molecule has 0 spiro atoms. The molecule has 0 fully saturated rings. The van der Waals surface area contributed by atoms with Crippen LogP contribution < -0.4 is 5.73 Å². The van der Waals surface area contributed by atoms with E-state index in [0.717, 1.165) is 0 Å². The number of nitrogens with two attached hydrogens (primary N) is 1. The topological polar surface area (TPSA) is 43.1 Å². The number of hydrogen-bond donors (Lipinski definition) is 1. The van der Waals surface area contributed by atoms with E-state index in [1.165, 1.54) is 10.5 Å². The first-order valence-electron chi connectivity index (χ1n) is 6.25. The maximum Gasteiger partial charge on any atom is 0.248 e. The van der Waals surface area contributed by atoms with Crippen LogP contribution in [0.1, 0.15) is 50.5 Å². The lowest BCUT2D eigenvalue weighted by Gasteiger charge is -2.37. The molecule has 2 rings (SSSR count). The number of fused-ring (bicyclic) bond motifs is 1. The summed E-state index contributed by atoms with van der Waals surface area (Å²) >= 11 is 1.92. The molecule has 1 unspecified atom stereocenters. The fraction of sp³-hybridized carbons (Fsp3) is 0.533. The van der Waals surface area contributed by atoms with Crippen molar-refractivity contribution in [2.45, 2.75) is 50.2 Å². The molecular weight excluding hydrogens is 242 g/mol. The van der Waals surface area contributed by atoms with Crippen molar-refractivity contribution in [3.8, 4) is 0 Å². The standard InChI is InChI=1S/C15H21NOS/c1-14(2,3)13-15(4,5)10-8-9(12(16)17)6-7-11(10)18-13/h6-8,13H,1-5H3,(H2,16,17). The minimum absolute atomic E-state index is 0.0592. The predicted octanol–water partition coefficient (Wildman–Crippen LogP) is 3.58. The quantitative estimate of drug-likeness (QED) is 0.841. The van der Waals surface area contributed by atoms with Gasteiger partial charge >= 0.3 is 0 Å². The molecule has 1 amide bonds. The summed E-state index contributed by atoms with van der Waals surface area (Å²) in [6.07, 6.45) is 0. The number of carbonyl (C=O) groups is 1. The van der Waals surface area contributed by atoms with Crippen LogP contribution >= 0.6 is 11.8 Å². The van der Waals surface area contributed by atoms with E-state index in [9.17, 15) is 4.79 Å². The summed E-state index contributed by atoms with van der Waals surface area (Å²) in [4.78, 5) is 12.6. The molecule has 0 aromatic heterocycles. The predicted molar refractivity (Wildman–Crippen MR) is 77.1 cm³/mol. The van der Waals surface area contributed by atoms with Crippen LogP contribution in [0.25, 0.3) is 0 Å². The summed E-state index contributed by atoms with van der Waals surface area (Å²) in [6, 6.07) is 5.83. The minimum Gasteiger partial charge on any atom is -0.366 e. The van der Waals surface area contributed by atoms with Gasteiger partial charge in [0, 0.05) is 21.1 Å². The Morgan fingerprint density at radius 3 is 2.44 bits per heavy atom. The smallest absolute Gasteiger partial charge is 0.248 e. The highest BCUT2D eigenvalue weighted by Gasteiger charge is 2.46. The normalized spacial score (nSPS) is 21.7. The maximum absolute atomic E-state index is 11.3. The first-order chi connectivity index (χ1) is 8.14. The molecule has 98 valence electrons. The van der Waals surface area contributed by atoms with Crippen LogP contribution in [0.3, 0.4) is 0 Å². The van der Waals surface area contributed by atoms with E-state index in [4.69, 9.17) is 5.73 Å². The van der Waals surface area contributed by atoms with Crippen molar-refractivity contribution in [3.63, 3.8) is 0 Å². The second-order valence-corrected chi connectivity index (χ2v) is 7.81. The van der Waals surface area contributed by atoms with Gasteiger partial charge in [-0.1, -0.05) is 34.6 Å². The number of benzene rings is 1. The molecule has 1 aliphatic rings. The number of primary amides is 1. The Labute approximate surface area is 113 Å². The fourth-order valence-corrected chi connectivity index (χ4v) is 4.59. The van der Waals surface area contributed by atoms with Crippen molar-refractivity contribution >= 4 is 17.7 Å². The lowest BCUT2D eigenvalue weighted by molar-refractivity contribution is 0.1000. The van der Waals surface area contributed by atoms with Gasteiger partial charge in [0.1, 0.15) is 0 Å². The van der Waals surface area contributed by atoms with Gasteiger partial charge in [-0.2, -0.15) is 0 Å². The van der Waals surface area contributed by atoms with E-state index in [-0.39, 0.29) is 16.7 Å². The molecule has 2 nitrogen and oxygen atoms in total. The molecule has 0 aliphatic carbocycles. The average Bonchev–Trinajstić information content (AvgIpc) is 2.50. The molecular formula is C15H21NOS. The third-order valence-electron chi connectivity index (χ3n) is 3.65.